The molecule has 1 saturated heterocycles. The van der Waals surface area contributed by atoms with Crippen molar-refractivity contribution in [2.45, 2.75) is 37.5 Å². The lowest BCUT2D eigenvalue weighted by molar-refractivity contribution is -0.00593. The summed E-state index contributed by atoms with van der Waals surface area (Å²) in [5.41, 5.74) is 0. The minimum atomic E-state index is 0.440. The fraction of sp³-hybridized carbons (Fsp3) is 1.00. The highest BCUT2D eigenvalue weighted by atomic mass is 32.2. The lowest BCUT2D eigenvalue weighted by Crippen LogP contribution is -2.50. The van der Waals surface area contributed by atoms with Crippen LogP contribution in [0.3, 0.4) is 0 Å². The largest absolute Gasteiger partial charge is 0.378 e. The Balaban J connectivity index is 2.27. The fourth-order valence-corrected chi connectivity index (χ4v) is 2.35. The van der Waals surface area contributed by atoms with E-state index < -0.39 is 0 Å². The van der Waals surface area contributed by atoms with Crippen LogP contribution >= 0.6 is 11.8 Å². The Labute approximate surface area is 85.8 Å². The topological polar surface area (TPSA) is 21.3 Å². The summed E-state index contributed by atoms with van der Waals surface area (Å²) in [6.07, 6.45) is 4.70. The van der Waals surface area contributed by atoms with E-state index in [0.29, 0.717) is 10.8 Å². The molecule has 0 amide bonds. The van der Waals surface area contributed by atoms with Crippen LogP contribution in [-0.2, 0) is 4.74 Å². The zero-order valence-corrected chi connectivity index (χ0v) is 9.75. The molecule has 0 aromatic carbocycles. The van der Waals surface area contributed by atoms with Gasteiger partial charge < -0.3 is 10.1 Å². The van der Waals surface area contributed by atoms with Gasteiger partial charge in [-0.25, -0.2) is 0 Å². The second kappa shape index (κ2) is 5.23. The van der Waals surface area contributed by atoms with E-state index in [-0.39, 0.29) is 0 Å². The molecule has 1 fully saturated rings. The van der Waals surface area contributed by atoms with E-state index in [4.69, 9.17) is 4.74 Å². The smallest absolute Gasteiger partial charge is 0.0643 e. The van der Waals surface area contributed by atoms with Gasteiger partial charge in [-0.2, -0.15) is 11.8 Å². The van der Waals surface area contributed by atoms with Crippen molar-refractivity contribution in [3.8, 4) is 0 Å². The standard InChI is InChI=1S/C10H21NOS/c1-4-10(5-2,13-3)8-11-9-6-12-7-9/h9,11H,4-8H2,1-3H3. The first-order valence-electron chi connectivity index (χ1n) is 5.12. The monoisotopic (exact) mass is 203 g/mol. The maximum absolute atomic E-state index is 5.13. The van der Waals surface area contributed by atoms with Crippen LogP contribution in [0.2, 0.25) is 0 Å². The molecule has 0 atom stereocenters. The van der Waals surface area contributed by atoms with Crippen molar-refractivity contribution in [2.75, 3.05) is 26.0 Å². The Bertz CT molecular complexity index is 136. The lowest BCUT2D eigenvalue weighted by Gasteiger charge is -2.35. The summed E-state index contributed by atoms with van der Waals surface area (Å²) in [6, 6.07) is 0.615. The van der Waals surface area contributed by atoms with E-state index in [1.54, 1.807) is 0 Å². The average Bonchev–Trinajstić information content (AvgIpc) is 2.11. The summed E-state index contributed by atoms with van der Waals surface area (Å²) in [4.78, 5) is 0. The van der Waals surface area contributed by atoms with Crippen molar-refractivity contribution in [3.63, 3.8) is 0 Å². The average molecular weight is 203 g/mol. The maximum Gasteiger partial charge on any atom is 0.0643 e. The van der Waals surface area contributed by atoms with Crippen LogP contribution in [0.25, 0.3) is 0 Å². The minimum absolute atomic E-state index is 0.440. The molecule has 13 heavy (non-hydrogen) atoms. The van der Waals surface area contributed by atoms with Gasteiger partial charge in [0.15, 0.2) is 0 Å². The van der Waals surface area contributed by atoms with E-state index in [1.807, 2.05) is 11.8 Å². The third kappa shape index (κ3) is 2.86. The van der Waals surface area contributed by atoms with Gasteiger partial charge in [-0.3, -0.25) is 0 Å². The molecule has 1 aliphatic heterocycles. The first-order chi connectivity index (χ1) is 6.26. The molecule has 3 heteroatoms. The number of ether oxygens (including phenoxy) is 1. The Kier molecular flexibility index (Phi) is 4.56. The Morgan fingerprint density at radius 3 is 2.31 bits per heavy atom. The van der Waals surface area contributed by atoms with Gasteiger partial charge in [0.25, 0.3) is 0 Å². The molecule has 0 radical (unpaired) electrons. The third-order valence-electron chi connectivity index (χ3n) is 3.07. The molecule has 1 heterocycles. The quantitative estimate of drug-likeness (QED) is 0.712. The second-order valence-corrected chi connectivity index (χ2v) is 4.98. The van der Waals surface area contributed by atoms with E-state index in [2.05, 4.69) is 25.4 Å². The van der Waals surface area contributed by atoms with Crippen molar-refractivity contribution >= 4 is 11.8 Å². The third-order valence-corrected chi connectivity index (χ3v) is 4.66. The summed E-state index contributed by atoms with van der Waals surface area (Å²) in [5, 5.41) is 3.57. The van der Waals surface area contributed by atoms with Crippen LogP contribution in [0, 0.1) is 0 Å². The molecular weight excluding hydrogens is 182 g/mol. The SMILES string of the molecule is CCC(CC)(CNC1COC1)SC. The Morgan fingerprint density at radius 2 is 2.00 bits per heavy atom. The second-order valence-electron chi connectivity index (χ2n) is 3.71. The van der Waals surface area contributed by atoms with Crippen molar-refractivity contribution in [1.29, 1.82) is 0 Å². The molecule has 0 spiro atoms. The molecule has 0 saturated carbocycles. The van der Waals surface area contributed by atoms with Crippen LogP contribution in [0.4, 0.5) is 0 Å². The summed E-state index contributed by atoms with van der Waals surface area (Å²) in [6.45, 7) is 7.48. The number of hydrogen-bond acceptors (Lipinski definition) is 3. The lowest BCUT2D eigenvalue weighted by atomic mass is 10.0. The van der Waals surface area contributed by atoms with Crippen LogP contribution in [0.1, 0.15) is 26.7 Å². The molecule has 0 aliphatic carbocycles. The van der Waals surface area contributed by atoms with Crippen LogP contribution in [-0.4, -0.2) is 36.8 Å². The molecule has 78 valence electrons. The summed E-state index contributed by atoms with van der Waals surface area (Å²) < 4.78 is 5.57. The predicted molar refractivity (Wildman–Crippen MR) is 59.4 cm³/mol. The van der Waals surface area contributed by atoms with Crippen molar-refractivity contribution in [1.82, 2.24) is 5.32 Å². The van der Waals surface area contributed by atoms with Gasteiger partial charge >= 0.3 is 0 Å². The van der Waals surface area contributed by atoms with Gasteiger partial charge in [0.05, 0.1) is 19.3 Å². The van der Waals surface area contributed by atoms with Crippen LogP contribution in [0.15, 0.2) is 0 Å². The van der Waals surface area contributed by atoms with E-state index in [0.717, 1.165) is 19.8 Å². The van der Waals surface area contributed by atoms with E-state index >= 15 is 0 Å². The molecule has 0 bridgehead atoms. The predicted octanol–water partition coefficient (Wildman–Crippen LogP) is 1.90. The van der Waals surface area contributed by atoms with Gasteiger partial charge in [-0.1, -0.05) is 13.8 Å². The first kappa shape index (κ1) is 11.3. The highest BCUT2D eigenvalue weighted by Gasteiger charge is 2.27. The van der Waals surface area contributed by atoms with Crippen LogP contribution < -0.4 is 5.32 Å². The number of rotatable bonds is 6. The highest BCUT2D eigenvalue weighted by Crippen LogP contribution is 2.29. The molecule has 0 aromatic rings. The summed E-state index contributed by atoms with van der Waals surface area (Å²) in [5.74, 6) is 0. The molecule has 0 unspecified atom stereocenters. The van der Waals surface area contributed by atoms with Gasteiger partial charge in [0.2, 0.25) is 0 Å². The zero-order chi connectivity index (χ0) is 9.73. The zero-order valence-electron chi connectivity index (χ0n) is 8.93. The molecule has 2 nitrogen and oxygen atoms in total. The fourth-order valence-electron chi connectivity index (χ4n) is 1.54. The molecule has 1 aliphatic rings. The number of nitrogens with one attached hydrogen (secondary N) is 1. The Hall–Kier alpha value is 0.270. The molecule has 0 aromatic heterocycles. The first-order valence-corrected chi connectivity index (χ1v) is 6.35. The van der Waals surface area contributed by atoms with Crippen molar-refractivity contribution < 1.29 is 4.74 Å². The van der Waals surface area contributed by atoms with E-state index in [9.17, 15) is 0 Å². The normalized spacial score (nSPS) is 18.7. The summed E-state index contributed by atoms with van der Waals surface area (Å²) >= 11 is 1.99. The van der Waals surface area contributed by atoms with Gasteiger partial charge in [0.1, 0.15) is 0 Å². The molecule has 1 rings (SSSR count). The van der Waals surface area contributed by atoms with Crippen molar-refractivity contribution in [2.24, 2.45) is 0 Å². The highest BCUT2D eigenvalue weighted by molar-refractivity contribution is 8.00. The van der Waals surface area contributed by atoms with Gasteiger partial charge in [-0.15, -0.1) is 0 Å². The number of hydrogen-bond donors (Lipinski definition) is 1. The van der Waals surface area contributed by atoms with Gasteiger partial charge in [0, 0.05) is 11.3 Å². The Morgan fingerprint density at radius 1 is 1.38 bits per heavy atom. The van der Waals surface area contributed by atoms with Gasteiger partial charge in [-0.05, 0) is 19.1 Å². The number of thioether (sulfide) groups is 1. The maximum atomic E-state index is 5.13. The summed E-state index contributed by atoms with van der Waals surface area (Å²) in [7, 11) is 0. The van der Waals surface area contributed by atoms with Crippen molar-refractivity contribution in [3.05, 3.63) is 0 Å². The van der Waals surface area contributed by atoms with Crippen LogP contribution in [0.5, 0.6) is 0 Å². The van der Waals surface area contributed by atoms with E-state index in [1.165, 1.54) is 12.8 Å². The molecule has 1 N–H and O–H groups in total. The minimum Gasteiger partial charge on any atom is -0.378 e. The molecular formula is C10H21NOS.